The van der Waals surface area contributed by atoms with E-state index in [0.717, 1.165) is 55.8 Å². The van der Waals surface area contributed by atoms with Gasteiger partial charge in [-0.05, 0) is 44.2 Å². The summed E-state index contributed by atoms with van der Waals surface area (Å²) in [5.41, 5.74) is 8.88. The Morgan fingerprint density at radius 3 is 3.00 bits per heavy atom. The maximum absolute atomic E-state index is 9.74. The van der Waals surface area contributed by atoms with Crippen LogP contribution in [0.4, 0.5) is 5.82 Å². The molecule has 1 fully saturated rings. The minimum absolute atomic E-state index is 0.0858. The molecule has 1 aliphatic carbocycles. The van der Waals surface area contributed by atoms with Crippen molar-refractivity contribution in [3.8, 4) is 0 Å². The fourth-order valence-electron chi connectivity index (χ4n) is 3.27. The molecular formula is C15H22N4O. The number of nitrogens with one attached hydrogen (secondary N) is 1. The van der Waals surface area contributed by atoms with Crippen LogP contribution in [0, 0.1) is 11.3 Å². The van der Waals surface area contributed by atoms with Crippen LogP contribution in [0.25, 0.3) is 0 Å². The van der Waals surface area contributed by atoms with Crippen molar-refractivity contribution >= 4 is 11.7 Å². The summed E-state index contributed by atoms with van der Waals surface area (Å²) in [6.45, 7) is 3.52. The van der Waals surface area contributed by atoms with Gasteiger partial charge in [-0.15, -0.1) is 0 Å². The summed E-state index contributed by atoms with van der Waals surface area (Å²) in [5.74, 6) is 1.20. The van der Waals surface area contributed by atoms with E-state index in [0.29, 0.717) is 0 Å². The SMILES string of the molecule is CC(O)C1CCN(c2nc3c(cc2C(=N)N)CCC3)C1. The van der Waals surface area contributed by atoms with E-state index in [4.69, 9.17) is 16.1 Å². The van der Waals surface area contributed by atoms with E-state index in [1.54, 1.807) is 0 Å². The summed E-state index contributed by atoms with van der Waals surface area (Å²) in [4.78, 5) is 6.95. The molecule has 5 nitrogen and oxygen atoms in total. The van der Waals surface area contributed by atoms with Crippen LogP contribution in [0.5, 0.6) is 0 Å². The van der Waals surface area contributed by atoms with E-state index in [1.165, 1.54) is 5.56 Å². The molecule has 2 atom stereocenters. The molecule has 0 aromatic carbocycles. The Balaban J connectivity index is 1.94. The zero-order valence-corrected chi connectivity index (χ0v) is 11.9. The second-order valence-corrected chi connectivity index (χ2v) is 5.97. The fraction of sp³-hybridized carbons (Fsp3) is 0.600. The largest absolute Gasteiger partial charge is 0.393 e. The Bertz CT molecular complexity index is 541. The van der Waals surface area contributed by atoms with Gasteiger partial charge in [-0.1, -0.05) is 0 Å². The number of nitrogen functional groups attached to an aromatic ring is 1. The van der Waals surface area contributed by atoms with Crippen LogP contribution in [0.2, 0.25) is 0 Å². The molecule has 5 heteroatoms. The molecule has 0 bridgehead atoms. The van der Waals surface area contributed by atoms with E-state index < -0.39 is 0 Å². The number of pyridine rings is 1. The summed E-state index contributed by atoms with van der Waals surface area (Å²) in [6, 6.07) is 2.04. The van der Waals surface area contributed by atoms with E-state index in [-0.39, 0.29) is 17.9 Å². The quantitative estimate of drug-likeness (QED) is 0.568. The molecule has 2 heterocycles. The van der Waals surface area contributed by atoms with Gasteiger partial charge in [-0.25, -0.2) is 4.98 Å². The summed E-state index contributed by atoms with van der Waals surface area (Å²) in [7, 11) is 0. The normalized spacial score (nSPS) is 22.9. The van der Waals surface area contributed by atoms with Gasteiger partial charge in [0.2, 0.25) is 0 Å². The number of aryl methyl sites for hydroxylation is 2. The van der Waals surface area contributed by atoms with E-state index >= 15 is 0 Å². The topological polar surface area (TPSA) is 86.2 Å². The zero-order chi connectivity index (χ0) is 14.3. The molecule has 1 aromatic rings. The minimum Gasteiger partial charge on any atom is -0.393 e. The maximum Gasteiger partial charge on any atom is 0.139 e. The first kappa shape index (κ1) is 13.4. The number of fused-ring (bicyclic) bond motifs is 1. The molecule has 0 amide bonds. The lowest BCUT2D eigenvalue weighted by molar-refractivity contribution is 0.136. The van der Waals surface area contributed by atoms with Crippen molar-refractivity contribution in [1.82, 2.24) is 4.98 Å². The third-order valence-corrected chi connectivity index (χ3v) is 4.53. The van der Waals surface area contributed by atoms with Gasteiger partial charge in [-0.3, -0.25) is 5.41 Å². The molecule has 4 N–H and O–H groups in total. The average Bonchev–Trinajstić information content (AvgIpc) is 3.05. The first-order chi connectivity index (χ1) is 9.56. The van der Waals surface area contributed by atoms with Crippen molar-refractivity contribution in [3.63, 3.8) is 0 Å². The highest BCUT2D eigenvalue weighted by molar-refractivity contribution is 6.00. The second kappa shape index (κ2) is 5.05. The highest BCUT2D eigenvalue weighted by Crippen LogP contribution is 2.31. The number of hydrogen-bond donors (Lipinski definition) is 3. The molecule has 1 aliphatic heterocycles. The Morgan fingerprint density at radius 1 is 1.55 bits per heavy atom. The molecular weight excluding hydrogens is 252 g/mol. The smallest absolute Gasteiger partial charge is 0.139 e. The fourth-order valence-corrected chi connectivity index (χ4v) is 3.27. The van der Waals surface area contributed by atoms with Crippen molar-refractivity contribution in [2.75, 3.05) is 18.0 Å². The van der Waals surface area contributed by atoms with Crippen molar-refractivity contribution in [2.24, 2.45) is 11.7 Å². The Hall–Kier alpha value is -1.62. The summed E-state index contributed by atoms with van der Waals surface area (Å²) in [5, 5.41) is 17.5. The van der Waals surface area contributed by atoms with Crippen molar-refractivity contribution in [3.05, 3.63) is 22.9 Å². The van der Waals surface area contributed by atoms with Crippen LogP contribution < -0.4 is 10.6 Å². The van der Waals surface area contributed by atoms with Crippen LogP contribution in [0.1, 0.15) is 36.6 Å². The van der Waals surface area contributed by atoms with Crippen LogP contribution >= 0.6 is 0 Å². The van der Waals surface area contributed by atoms with Crippen molar-refractivity contribution < 1.29 is 5.11 Å². The number of aromatic nitrogens is 1. The maximum atomic E-state index is 9.74. The number of aliphatic hydroxyl groups excluding tert-OH is 1. The summed E-state index contributed by atoms with van der Waals surface area (Å²) in [6.07, 6.45) is 3.87. The van der Waals surface area contributed by atoms with E-state index in [2.05, 4.69) is 4.90 Å². The lowest BCUT2D eigenvalue weighted by Gasteiger charge is -2.22. The van der Waals surface area contributed by atoms with Gasteiger partial charge in [0.25, 0.3) is 0 Å². The number of amidine groups is 1. The lowest BCUT2D eigenvalue weighted by atomic mass is 10.0. The van der Waals surface area contributed by atoms with Gasteiger partial charge in [0.15, 0.2) is 0 Å². The monoisotopic (exact) mass is 274 g/mol. The van der Waals surface area contributed by atoms with Gasteiger partial charge in [-0.2, -0.15) is 0 Å². The first-order valence-corrected chi connectivity index (χ1v) is 7.36. The molecule has 1 aromatic heterocycles. The van der Waals surface area contributed by atoms with Gasteiger partial charge < -0.3 is 15.7 Å². The third kappa shape index (κ3) is 2.26. The van der Waals surface area contributed by atoms with Gasteiger partial charge in [0, 0.05) is 24.7 Å². The zero-order valence-electron chi connectivity index (χ0n) is 11.9. The Labute approximate surface area is 119 Å². The lowest BCUT2D eigenvalue weighted by Crippen LogP contribution is -2.28. The summed E-state index contributed by atoms with van der Waals surface area (Å²) >= 11 is 0. The number of rotatable bonds is 3. The summed E-state index contributed by atoms with van der Waals surface area (Å²) < 4.78 is 0. The van der Waals surface area contributed by atoms with Gasteiger partial charge >= 0.3 is 0 Å². The van der Waals surface area contributed by atoms with Crippen molar-refractivity contribution in [2.45, 2.75) is 38.7 Å². The number of anilines is 1. The molecule has 0 saturated carbocycles. The van der Waals surface area contributed by atoms with Crippen molar-refractivity contribution in [1.29, 1.82) is 5.41 Å². The molecule has 20 heavy (non-hydrogen) atoms. The minimum atomic E-state index is -0.296. The third-order valence-electron chi connectivity index (χ3n) is 4.53. The molecule has 0 radical (unpaired) electrons. The molecule has 108 valence electrons. The van der Waals surface area contributed by atoms with Crippen LogP contribution in [-0.2, 0) is 12.8 Å². The van der Waals surface area contributed by atoms with E-state index in [1.807, 2.05) is 13.0 Å². The highest BCUT2D eigenvalue weighted by Gasteiger charge is 2.29. The number of nitrogens with zero attached hydrogens (tertiary/aromatic N) is 2. The van der Waals surface area contributed by atoms with Crippen LogP contribution in [0.15, 0.2) is 6.07 Å². The predicted octanol–water partition coefficient (Wildman–Crippen LogP) is 1.06. The molecule has 1 saturated heterocycles. The van der Waals surface area contributed by atoms with Gasteiger partial charge in [0.1, 0.15) is 11.7 Å². The van der Waals surface area contributed by atoms with Crippen LogP contribution in [0.3, 0.4) is 0 Å². The Morgan fingerprint density at radius 2 is 2.35 bits per heavy atom. The van der Waals surface area contributed by atoms with Gasteiger partial charge in [0.05, 0.1) is 11.7 Å². The average molecular weight is 274 g/mol. The predicted molar refractivity (Wildman–Crippen MR) is 79.3 cm³/mol. The molecule has 3 rings (SSSR count). The van der Waals surface area contributed by atoms with E-state index in [9.17, 15) is 5.11 Å². The number of hydrogen-bond acceptors (Lipinski definition) is 4. The number of aliphatic hydroxyl groups is 1. The molecule has 2 unspecified atom stereocenters. The first-order valence-electron chi connectivity index (χ1n) is 7.36. The Kier molecular flexibility index (Phi) is 3.38. The highest BCUT2D eigenvalue weighted by atomic mass is 16.3. The van der Waals surface area contributed by atoms with Crippen LogP contribution in [-0.4, -0.2) is 35.1 Å². The standard InChI is InChI=1S/C15H22N4O/c1-9(20)11-5-6-19(8-11)15-12(14(16)17)7-10-3-2-4-13(10)18-15/h7,9,11,20H,2-6,8H2,1H3,(H3,16,17). The molecule has 0 spiro atoms. The molecule has 2 aliphatic rings. The number of nitrogens with two attached hydrogens (primary N) is 1. The second-order valence-electron chi connectivity index (χ2n) is 5.97.